The third-order valence-corrected chi connectivity index (χ3v) is 4.46. The molecule has 0 radical (unpaired) electrons. The van der Waals surface area contributed by atoms with Crippen LogP contribution in [0.5, 0.6) is 5.75 Å². The number of anilines is 2. The summed E-state index contributed by atoms with van der Waals surface area (Å²) in [6, 6.07) is 8.41. The lowest BCUT2D eigenvalue weighted by Gasteiger charge is -2.13. The van der Waals surface area contributed by atoms with Crippen LogP contribution in [0, 0.1) is 12.7 Å². The first-order valence-electron chi connectivity index (χ1n) is 6.06. The number of nitrogens with one attached hydrogen (secondary N) is 1. The molecule has 2 rings (SSSR count). The van der Waals surface area contributed by atoms with Crippen LogP contribution >= 0.6 is 0 Å². The standard InChI is InChI=1S/C14H15FN2O3S/c1-9-11(15)4-3-5-13(9)17-21(18,19)14-7-6-10(20-2)8-12(14)16/h3-8,17H,16H2,1-2H3. The van der Waals surface area contributed by atoms with Crippen LogP contribution in [0.25, 0.3) is 0 Å². The van der Waals surface area contributed by atoms with Gasteiger partial charge >= 0.3 is 0 Å². The van der Waals surface area contributed by atoms with Gasteiger partial charge in [0.15, 0.2) is 0 Å². The quantitative estimate of drug-likeness (QED) is 0.850. The highest BCUT2D eigenvalue weighted by atomic mass is 32.2. The Morgan fingerprint density at radius 3 is 2.57 bits per heavy atom. The smallest absolute Gasteiger partial charge is 0.263 e. The van der Waals surface area contributed by atoms with Crippen molar-refractivity contribution >= 4 is 21.4 Å². The second-order valence-electron chi connectivity index (χ2n) is 4.42. The largest absolute Gasteiger partial charge is 0.497 e. The molecule has 0 fully saturated rings. The zero-order valence-electron chi connectivity index (χ0n) is 11.6. The highest BCUT2D eigenvalue weighted by molar-refractivity contribution is 7.92. The highest BCUT2D eigenvalue weighted by Crippen LogP contribution is 2.27. The summed E-state index contributed by atoms with van der Waals surface area (Å²) in [7, 11) is -2.45. The second-order valence-corrected chi connectivity index (χ2v) is 6.07. The Bertz CT molecular complexity index is 776. The number of halogens is 1. The molecule has 2 aromatic carbocycles. The number of rotatable bonds is 4. The van der Waals surface area contributed by atoms with Crippen LogP contribution in [0.2, 0.25) is 0 Å². The zero-order chi connectivity index (χ0) is 15.6. The van der Waals surface area contributed by atoms with Crippen LogP contribution in [0.4, 0.5) is 15.8 Å². The molecule has 0 unspecified atom stereocenters. The predicted octanol–water partition coefficient (Wildman–Crippen LogP) is 2.53. The minimum atomic E-state index is -3.91. The van der Waals surface area contributed by atoms with Gasteiger partial charge in [0.2, 0.25) is 0 Å². The van der Waals surface area contributed by atoms with Gasteiger partial charge in [0, 0.05) is 11.6 Å². The van der Waals surface area contributed by atoms with Crippen molar-refractivity contribution in [3.8, 4) is 5.75 Å². The number of hydrogen-bond donors (Lipinski definition) is 2. The Morgan fingerprint density at radius 2 is 1.95 bits per heavy atom. The van der Waals surface area contributed by atoms with E-state index in [-0.39, 0.29) is 21.8 Å². The van der Waals surface area contributed by atoms with Crippen molar-refractivity contribution in [2.24, 2.45) is 0 Å². The molecule has 0 atom stereocenters. The summed E-state index contributed by atoms with van der Waals surface area (Å²) in [5.74, 6) is -0.0358. The minimum Gasteiger partial charge on any atom is -0.497 e. The molecular formula is C14H15FN2O3S. The van der Waals surface area contributed by atoms with E-state index in [2.05, 4.69) is 4.72 Å². The van der Waals surface area contributed by atoms with Gasteiger partial charge in [0.1, 0.15) is 16.5 Å². The molecule has 112 valence electrons. The fourth-order valence-electron chi connectivity index (χ4n) is 1.82. The molecule has 0 bridgehead atoms. The number of benzene rings is 2. The van der Waals surface area contributed by atoms with Crippen LogP contribution in [0.1, 0.15) is 5.56 Å². The van der Waals surface area contributed by atoms with Gasteiger partial charge in [-0.15, -0.1) is 0 Å². The number of sulfonamides is 1. The van der Waals surface area contributed by atoms with E-state index < -0.39 is 15.8 Å². The van der Waals surface area contributed by atoms with Crippen molar-refractivity contribution in [1.82, 2.24) is 0 Å². The average molecular weight is 310 g/mol. The van der Waals surface area contributed by atoms with Crippen LogP contribution in [0.3, 0.4) is 0 Å². The van der Waals surface area contributed by atoms with Gasteiger partial charge < -0.3 is 10.5 Å². The lowest BCUT2D eigenvalue weighted by atomic mass is 10.2. The number of ether oxygens (including phenoxy) is 1. The Labute approximate surface area is 122 Å². The van der Waals surface area contributed by atoms with Gasteiger partial charge in [-0.25, -0.2) is 12.8 Å². The van der Waals surface area contributed by atoms with E-state index in [1.54, 1.807) is 0 Å². The summed E-state index contributed by atoms with van der Waals surface area (Å²) < 4.78 is 45.4. The van der Waals surface area contributed by atoms with Crippen LogP contribution in [0.15, 0.2) is 41.3 Å². The van der Waals surface area contributed by atoms with E-state index >= 15 is 0 Å². The summed E-state index contributed by atoms with van der Waals surface area (Å²) >= 11 is 0. The molecule has 0 heterocycles. The number of nitrogen functional groups attached to an aromatic ring is 1. The third-order valence-electron chi connectivity index (χ3n) is 3.02. The van der Waals surface area contributed by atoms with E-state index in [0.717, 1.165) is 0 Å². The van der Waals surface area contributed by atoms with Gasteiger partial charge in [-0.05, 0) is 31.2 Å². The topological polar surface area (TPSA) is 81.4 Å². The van der Waals surface area contributed by atoms with E-state index in [1.165, 1.54) is 50.4 Å². The zero-order valence-corrected chi connectivity index (χ0v) is 12.4. The monoisotopic (exact) mass is 310 g/mol. The van der Waals surface area contributed by atoms with Gasteiger partial charge in [-0.3, -0.25) is 4.72 Å². The van der Waals surface area contributed by atoms with E-state index in [4.69, 9.17) is 10.5 Å². The van der Waals surface area contributed by atoms with Gasteiger partial charge in [0.25, 0.3) is 10.0 Å². The fraction of sp³-hybridized carbons (Fsp3) is 0.143. The maximum Gasteiger partial charge on any atom is 0.263 e. The summed E-state index contributed by atoms with van der Waals surface area (Å²) in [4.78, 5) is -0.0908. The molecule has 2 aromatic rings. The maximum atomic E-state index is 13.5. The molecule has 3 N–H and O–H groups in total. The molecule has 0 aliphatic carbocycles. The number of methoxy groups -OCH3 is 1. The molecule has 0 aromatic heterocycles. The number of hydrogen-bond acceptors (Lipinski definition) is 4. The SMILES string of the molecule is COc1ccc(S(=O)(=O)Nc2cccc(F)c2C)c(N)c1. The number of nitrogens with two attached hydrogens (primary N) is 1. The Balaban J connectivity index is 2.41. The average Bonchev–Trinajstić information content (AvgIpc) is 2.43. The van der Waals surface area contributed by atoms with E-state index in [1.807, 2.05) is 0 Å². The predicted molar refractivity (Wildman–Crippen MR) is 79.4 cm³/mol. The van der Waals surface area contributed by atoms with Gasteiger partial charge in [-0.1, -0.05) is 6.07 Å². The summed E-state index contributed by atoms with van der Waals surface area (Å²) in [5.41, 5.74) is 6.17. The molecule has 0 aliphatic rings. The van der Waals surface area contributed by atoms with Crippen molar-refractivity contribution in [3.63, 3.8) is 0 Å². The molecule has 5 nitrogen and oxygen atoms in total. The first-order chi connectivity index (χ1) is 9.85. The van der Waals surface area contributed by atoms with Crippen LogP contribution in [-0.4, -0.2) is 15.5 Å². The normalized spacial score (nSPS) is 11.2. The molecule has 7 heteroatoms. The Hall–Kier alpha value is -2.28. The highest BCUT2D eigenvalue weighted by Gasteiger charge is 2.19. The van der Waals surface area contributed by atoms with Crippen molar-refractivity contribution in [1.29, 1.82) is 0 Å². The third kappa shape index (κ3) is 3.08. The van der Waals surface area contributed by atoms with Gasteiger partial charge in [-0.2, -0.15) is 0 Å². The molecular weight excluding hydrogens is 295 g/mol. The lowest BCUT2D eigenvalue weighted by Crippen LogP contribution is -2.15. The molecule has 0 amide bonds. The first-order valence-corrected chi connectivity index (χ1v) is 7.55. The van der Waals surface area contributed by atoms with Gasteiger partial charge in [0.05, 0.1) is 18.5 Å². The van der Waals surface area contributed by atoms with E-state index in [0.29, 0.717) is 5.75 Å². The van der Waals surface area contributed by atoms with Crippen LogP contribution in [-0.2, 0) is 10.0 Å². The van der Waals surface area contributed by atoms with Crippen molar-refractivity contribution in [3.05, 3.63) is 47.8 Å². The maximum absolute atomic E-state index is 13.5. The molecule has 0 saturated carbocycles. The fourth-order valence-corrected chi connectivity index (χ4v) is 3.05. The van der Waals surface area contributed by atoms with Crippen molar-refractivity contribution in [2.45, 2.75) is 11.8 Å². The first kappa shape index (κ1) is 15.1. The lowest BCUT2D eigenvalue weighted by molar-refractivity contribution is 0.414. The van der Waals surface area contributed by atoms with Crippen molar-refractivity contribution in [2.75, 3.05) is 17.6 Å². The molecule has 0 aliphatic heterocycles. The minimum absolute atomic E-state index is 0.0518. The Kier molecular flexibility index (Phi) is 4.04. The second kappa shape index (κ2) is 5.61. The molecule has 0 spiro atoms. The van der Waals surface area contributed by atoms with E-state index in [9.17, 15) is 12.8 Å². The van der Waals surface area contributed by atoms with Crippen LogP contribution < -0.4 is 15.2 Å². The summed E-state index contributed by atoms with van der Waals surface area (Å²) in [6.07, 6.45) is 0. The molecule has 21 heavy (non-hydrogen) atoms. The summed E-state index contributed by atoms with van der Waals surface area (Å²) in [5, 5.41) is 0. The van der Waals surface area contributed by atoms with Crippen molar-refractivity contribution < 1.29 is 17.5 Å². The molecule has 0 saturated heterocycles. The summed E-state index contributed by atoms with van der Waals surface area (Å²) in [6.45, 7) is 1.49. The Morgan fingerprint density at radius 1 is 1.24 bits per heavy atom.